The van der Waals surface area contributed by atoms with Crippen molar-refractivity contribution >= 4 is 50.5 Å². The molecule has 0 bridgehead atoms. The number of ketones is 1. The van der Waals surface area contributed by atoms with Gasteiger partial charge in [-0.2, -0.15) is 0 Å². The molecule has 0 aliphatic carbocycles. The molecule has 2 aromatic heterocycles. The fourth-order valence-corrected chi connectivity index (χ4v) is 5.68. The van der Waals surface area contributed by atoms with Gasteiger partial charge >= 0.3 is 0 Å². The Balaban J connectivity index is 1.55. The molecule has 36 heavy (non-hydrogen) atoms. The summed E-state index contributed by atoms with van der Waals surface area (Å²) in [4.78, 5) is 47.3. The minimum atomic E-state index is -0.800. The number of ether oxygens (including phenoxy) is 1. The number of Topliss-reactive ketones (excluding diaryl/α,β-unsaturated/α-hetero) is 1. The maximum Gasteiger partial charge on any atom is 0.265 e. The highest BCUT2D eigenvalue weighted by Gasteiger charge is 2.28. The molecule has 2 aromatic carbocycles. The van der Waals surface area contributed by atoms with E-state index in [9.17, 15) is 14.4 Å². The second-order valence-electron chi connectivity index (χ2n) is 8.73. The van der Waals surface area contributed by atoms with Crippen LogP contribution in [-0.4, -0.2) is 34.4 Å². The Labute approximate surface area is 216 Å². The highest BCUT2D eigenvalue weighted by molar-refractivity contribution is 7.19. The van der Waals surface area contributed by atoms with E-state index < -0.39 is 6.04 Å². The lowest BCUT2D eigenvalue weighted by Crippen LogP contribution is -2.39. The summed E-state index contributed by atoms with van der Waals surface area (Å²) in [6.45, 7) is 6.14. The Kier molecular flexibility index (Phi) is 6.40. The molecule has 7 nitrogen and oxygen atoms in total. The molecule has 0 saturated heterocycles. The van der Waals surface area contributed by atoms with Crippen molar-refractivity contribution in [3.05, 3.63) is 74.6 Å². The SMILES string of the molecule is CCCN1C(=O)COc2ccc(C(=O)C(C)n3cnc4sc(C)c(-c5ccc(Cl)cc5)c4c3=O)cc21. The molecular weight excluding hydrogens is 498 g/mol. The van der Waals surface area contributed by atoms with Crippen LogP contribution in [0.2, 0.25) is 5.02 Å². The maximum atomic E-state index is 13.7. The number of hydrogen-bond donors (Lipinski definition) is 0. The van der Waals surface area contributed by atoms with Crippen LogP contribution >= 0.6 is 22.9 Å². The van der Waals surface area contributed by atoms with Crippen molar-refractivity contribution in [3.8, 4) is 16.9 Å². The lowest BCUT2D eigenvalue weighted by Gasteiger charge is -2.29. The number of thiophene rings is 1. The number of benzene rings is 2. The number of rotatable bonds is 6. The highest BCUT2D eigenvalue weighted by atomic mass is 35.5. The Hall–Kier alpha value is -3.49. The van der Waals surface area contributed by atoms with E-state index in [2.05, 4.69) is 4.98 Å². The van der Waals surface area contributed by atoms with Crippen molar-refractivity contribution < 1.29 is 14.3 Å². The Bertz CT molecular complexity index is 1560. The van der Waals surface area contributed by atoms with Gasteiger partial charge in [0.2, 0.25) is 0 Å². The molecule has 0 radical (unpaired) electrons. The van der Waals surface area contributed by atoms with Gasteiger partial charge in [0, 0.05) is 27.6 Å². The lowest BCUT2D eigenvalue weighted by atomic mass is 10.0. The number of nitrogens with zero attached hydrogens (tertiary/aromatic N) is 3. The quantitative estimate of drug-likeness (QED) is 0.305. The first-order valence-corrected chi connectivity index (χ1v) is 12.9. The van der Waals surface area contributed by atoms with Crippen molar-refractivity contribution in [1.82, 2.24) is 9.55 Å². The summed E-state index contributed by atoms with van der Waals surface area (Å²) < 4.78 is 6.93. The molecule has 1 unspecified atom stereocenters. The normalized spacial score (nSPS) is 14.0. The number of halogens is 1. The molecule has 0 fully saturated rings. The number of hydrogen-bond acceptors (Lipinski definition) is 6. The first-order valence-electron chi connectivity index (χ1n) is 11.7. The number of carbonyl (C=O) groups excluding carboxylic acids is 2. The van der Waals surface area contributed by atoms with E-state index in [1.165, 1.54) is 22.2 Å². The first-order chi connectivity index (χ1) is 17.3. The molecule has 0 N–H and O–H groups in total. The molecular formula is C27H24ClN3O4S. The van der Waals surface area contributed by atoms with E-state index in [0.29, 0.717) is 38.8 Å². The fraction of sp³-hybridized carbons (Fsp3) is 0.259. The van der Waals surface area contributed by atoms with Crippen LogP contribution in [-0.2, 0) is 4.79 Å². The average Bonchev–Trinajstić information content (AvgIpc) is 3.22. The highest BCUT2D eigenvalue weighted by Crippen LogP contribution is 2.37. The summed E-state index contributed by atoms with van der Waals surface area (Å²) in [6.07, 6.45) is 2.21. The Morgan fingerprint density at radius 3 is 2.67 bits per heavy atom. The van der Waals surface area contributed by atoms with E-state index in [4.69, 9.17) is 16.3 Å². The van der Waals surface area contributed by atoms with E-state index in [1.54, 1.807) is 42.2 Å². The molecule has 1 amide bonds. The minimum Gasteiger partial charge on any atom is -0.482 e. The largest absolute Gasteiger partial charge is 0.482 e. The van der Waals surface area contributed by atoms with Gasteiger partial charge in [-0.3, -0.25) is 19.0 Å². The van der Waals surface area contributed by atoms with Gasteiger partial charge in [0.15, 0.2) is 12.4 Å². The van der Waals surface area contributed by atoms with Gasteiger partial charge in [-0.1, -0.05) is 30.7 Å². The zero-order chi connectivity index (χ0) is 25.6. The van der Waals surface area contributed by atoms with Crippen molar-refractivity contribution in [3.63, 3.8) is 0 Å². The molecule has 184 valence electrons. The maximum absolute atomic E-state index is 13.7. The van der Waals surface area contributed by atoms with Crippen molar-refractivity contribution in [2.45, 2.75) is 33.2 Å². The summed E-state index contributed by atoms with van der Waals surface area (Å²) in [6, 6.07) is 11.6. The predicted octanol–water partition coefficient (Wildman–Crippen LogP) is 5.67. The summed E-state index contributed by atoms with van der Waals surface area (Å²) in [5.74, 6) is 0.166. The summed E-state index contributed by atoms with van der Waals surface area (Å²) >= 11 is 7.50. The van der Waals surface area contributed by atoms with Crippen molar-refractivity contribution in [2.24, 2.45) is 0 Å². The van der Waals surface area contributed by atoms with Crippen LogP contribution in [0, 0.1) is 6.92 Å². The van der Waals surface area contributed by atoms with Gasteiger partial charge in [0.1, 0.15) is 10.6 Å². The van der Waals surface area contributed by atoms with E-state index in [0.717, 1.165) is 22.4 Å². The topological polar surface area (TPSA) is 81.5 Å². The van der Waals surface area contributed by atoms with Crippen LogP contribution in [0.25, 0.3) is 21.3 Å². The van der Waals surface area contributed by atoms with Crippen LogP contribution in [0.15, 0.2) is 53.6 Å². The van der Waals surface area contributed by atoms with Crippen LogP contribution in [0.4, 0.5) is 5.69 Å². The summed E-state index contributed by atoms with van der Waals surface area (Å²) in [7, 11) is 0. The molecule has 9 heteroatoms. The molecule has 4 aromatic rings. The monoisotopic (exact) mass is 521 g/mol. The average molecular weight is 522 g/mol. The zero-order valence-corrected chi connectivity index (χ0v) is 21.7. The first kappa shape index (κ1) is 24.2. The third-order valence-electron chi connectivity index (χ3n) is 6.38. The smallest absolute Gasteiger partial charge is 0.265 e. The van der Waals surface area contributed by atoms with Gasteiger partial charge in [0.05, 0.1) is 23.4 Å². The number of aryl methyl sites for hydroxylation is 1. The van der Waals surface area contributed by atoms with Gasteiger partial charge < -0.3 is 9.64 Å². The van der Waals surface area contributed by atoms with Crippen LogP contribution in [0.1, 0.15) is 41.5 Å². The number of aromatic nitrogens is 2. The number of amides is 1. The summed E-state index contributed by atoms with van der Waals surface area (Å²) in [5, 5.41) is 1.10. The number of fused-ring (bicyclic) bond motifs is 2. The van der Waals surface area contributed by atoms with E-state index >= 15 is 0 Å². The second-order valence-corrected chi connectivity index (χ2v) is 10.4. The zero-order valence-electron chi connectivity index (χ0n) is 20.1. The van der Waals surface area contributed by atoms with Gasteiger partial charge in [-0.25, -0.2) is 4.98 Å². The van der Waals surface area contributed by atoms with E-state index in [-0.39, 0.29) is 23.9 Å². The predicted molar refractivity (Wildman–Crippen MR) is 143 cm³/mol. The van der Waals surface area contributed by atoms with Crippen LogP contribution < -0.4 is 15.2 Å². The lowest BCUT2D eigenvalue weighted by molar-refractivity contribution is -0.121. The minimum absolute atomic E-state index is 0.0201. The number of anilines is 1. The number of carbonyl (C=O) groups is 2. The molecule has 3 heterocycles. The Morgan fingerprint density at radius 1 is 1.19 bits per heavy atom. The van der Waals surface area contributed by atoms with Crippen LogP contribution in [0.3, 0.4) is 0 Å². The Morgan fingerprint density at radius 2 is 1.94 bits per heavy atom. The third kappa shape index (κ3) is 4.10. The van der Waals surface area contributed by atoms with E-state index in [1.807, 2.05) is 26.0 Å². The standard InChI is InChI=1S/C27H24ClN3O4S/c1-4-11-30-20-12-18(7-10-21(20)35-13-22(30)32)25(33)15(2)31-14-29-26-24(27(31)34)23(16(3)36-26)17-5-8-19(28)9-6-17/h5-10,12,14-15H,4,11,13H2,1-3H3. The van der Waals surface area contributed by atoms with Gasteiger partial charge in [-0.05, 0) is 56.2 Å². The summed E-state index contributed by atoms with van der Waals surface area (Å²) in [5.41, 5.74) is 2.36. The van der Waals surface area contributed by atoms with Crippen molar-refractivity contribution in [1.29, 1.82) is 0 Å². The van der Waals surface area contributed by atoms with Crippen LogP contribution in [0.5, 0.6) is 5.75 Å². The molecule has 1 aliphatic rings. The second kappa shape index (κ2) is 9.52. The molecule has 5 rings (SSSR count). The fourth-order valence-electron chi connectivity index (χ4n) is 4.55. The molecule has 1 aliphatic heterocycles. The van der Waals surface area contributed by atoms with Gasteiger partial charge in [-0.15, -0.1) is 11.3 Å². The van der Waals surface area contributed by atoms with Crippen molar-refractivity contribution in [2.75, 3.05) is 18.1 Å². The molecule has 0 saturated carbocycles. The molecule has 1 atom stereocenters. The molecule has 0 spiro atoms. The van der Waals surface area contributed by atoms with Gasteiger partial charge in [0.25, 0.3) is 11.5 Å². The third-order valence-corrected chi connectivity index (χ3v) is 7.64.